The number of rotatable bonds is 3. The fourth-order valence-corrected chi connectivity index (χ4v) is 2.74. The van der Waals surface area contributed by atoms with Gasteiger partial charge in [-0.3, -0.25) is 0 Å². The minimum atomic E-state index is -0.210. The van der Waals surface area contributed by atoms with Crippen LogP contribution in [0.1, 0.15) is 5.01 Å². The van der Waals surface area contributed by atoms with Crippen LogP contribution in [0.5, 0.6) is 0 Å². The van der Waals surface area contributed by atoms with Gasteiger partial charge >= 0.3 is 0 Å². The number of nitrogens with zero attached hydrogens (tertiary/aromatic N) is 1. The Morgan fingerprint density at radius 1 is 1.47 bits per heavy atom. The first-order chi connectivity index (χ1) is 7.24. The van der Waals surface area contributed by atoms with Crippen LogP contribution < -0.4 is 5.73 Å². The van der Waals surface area contributed by atoms with Crippen LogP contribution in [-0.4, -0.2) is 4.98 Å². The van der Waals surface area contributed by atoms with Crippen LogP contribution >= 0.6 is 23.1 Å². The Hall–Kier alpha value is -1.07. The van der Waals surface area contributed by atoms with E-state index in [1.165, 1.54) is 23.5 Å². The predicted octanol–water partition coefficient (Wildman–Crippen LogP) is 3.16. The first-order valence-electron chi connectivity index (χ1n) is 4.32. The van der Waals surface area contributed by atoms with Crippen LogP contribution in [0.4, 0.5) is 10.2 Å². The molecule has 0 radical (unpaired) electrons. The van der Waals surface area contributed by atoms with E-state index in [1.54, 1.807) is 17.8 Å². The van der Waals surface area contributed by atoms with Crippen molar-refractivity contribution in [3.05, 3.63) is 40.5 Å². The maximum absolute atomic E-state index is 12.9. The van der Waals surface area contributed by atoms with E-state index in [4.69, 9.17) is 5.73 Å². The van der Waals surface area contributed by atoms with E-state index in [-0.39, 0.29) is 5.82 Å². The molecule has 0 aliphatic heterocycles. The van der Waals surface area contributed by atoms with Gasteiger partial charge in [0.15, 0.2) is 0 Å². The number of anilines is 1. The van der Waals surface area contributed by atoms with Gasteiger partial charge in [-0.05, 0) is 18.2 Å². The van der Waals surface area contributed by atoms with Crippen LogP contribution in [-0.2, 0) is 5.75 Å². The average Bonchev–Trinajstić information content (AvgIpc) is 2.62. The second-order valence-corrected chi connectivity index (χ2v) is 4.90. The summed E-state index contributed by atoms with van der Waals surface area (Å²) in [6.45, 7) is 0. The van der Waals surface area contributed by atoms with Gasteiger partial charge in [-0.1, -0.05) is 6.07 Å². The highest BCUT2D eigenvalue weighted by Gasteiger charge is 2.01. The van der Waals surface area contributed by atoms with Gasteiger partial charge in [-0.25, -0.2) is 9.37 Å². The molecule has 1 aromatic heterocycles. The molecule has 0 saturated carbocycles. The second-order valence-electron chi connectivity index (χ2n) is 2.91. The molecule has 2 aromatic rings. The molecule has 0 bridgehead atoms. The topological polar surface area (TPSA) is 38.9 Å². The fourth-order valence-electron chi connectivity index (χ4n) is 1.09. The monoisotopic (exact) mass is 240 g/mol. The minimum Gasteiger partial charge on any atom is -0.383 e. The van der Waals surface area contributed by atoms with E-state index in [1.807, 2.05) is 11.4 Å². The highest BCUT2D eigenvalue weighted by molar-refractivity contribution is 7.98. The quantitative estimate of drug-likeness (QED) is 0.838. The van der Waals surface area contributed by atoms with Gasteiger partial charge in [0.25, 0.3) is 0 Å². The van der Waals surface area contributed by atoms with Crippen molar-refractivity contribution in [1.29, 1.82) is 0 Å². The Morgan fingerprint density at radius 2 is 2.33 bits per heavy atom. The Labute approximate surface area is 95.3 Å². The number of halogens is 1. The predicted molar refractivity (Wildman–Crippen MR) is 62.5 cm³/mol. The number of benzene rings is 1. The van der Waals surface area contributed by atoms with Crippen molar-refractivity contribution < 1.29 is 4.39 Å². The molecular weight excluding hydrogens is 231 g/mol. The van der Waals surface area contributed by atoms with Crippen molar-refractivity contribution in [3.8, 4) is 0 Å². The molecular formula is C10H9FN2S2. The van der Waals surface area contributed by atoms with Crippen molar-refractivity contribution in [2.75, 3.05) is 5.73 Å². The lowest BCUT2D eigenvalue weighted by Crippen LogP contribution is -1.85. The molecule has 0 spiro atoms. The molecule has 0 aliphatic rings. The molecule has 0 aliphatic carbocycles. The summed E-state index contributed by atoms with van der Waals surface area (Å²) in [5.74, 6) is 1.07. The number of nitrogens with two attached hydrogens (primary N) is 1. The molecule has 0 fully saturated rings. The molecule has 0 unspecified atom stereocenters. The van der Waals surface area contributed by atoms with Gasteiger partial charge in [0.1, 0.15) is 16.6 Å². The summed E-state index contributed by atoms with van der Waals surface area (Å²) in [6.07, 6.45) is 0. The molecule has 1 heterocycles. The van der Waals surface area contributed by atoms with E-state index in [0.29, 0.717) is 5.82 Å². The third-order valence-electron chi connectivity index (χ3n) is 1.73. The lowest BCUT2D eigenvalue weighted by atomic mass is 10.4. The molecule has 0 atom stereocenters. The molecule has 78 valence electrons. The Kier molecular flexibility index (Phi) is 3.23. The highest BCUT2D eigenvalue weighted by Crippen LogP contribution is 2.25. The summed E-state index contributed by atoms with van der Waals surface area (Å²) >= 11 is 3.08. The Bertz CT molecular complexity index is 456. The molecule has 2 N–H and O–H groups in total. The minimum absolute atomic E-state index is 0.210. The van der Waals surface area contributed by atoms with Crippen LogP contribution in [0.15, 0.2) is 34.5 Å². The van der Waals surface area contributed by atoms with E-state index in [2.05, 4.69) is 4.98 Å². The summed E-state index contributed by atoms with van der Waals surface area (Å²) in [7, 11) is 0. The normalized spacial score (nSPS) is 10.5. The van der Waals surface area contributed by atoms with Crippen molar-refractivity contribution in [3.63, 3.8) is 0 Å². The van der Waals surface area contributed by atoms with Crippen LogP contribution in [0.2, 0.25) is 0 Å². The van der Waals surface area contributed by atoms with E-state index in [0.717, 1.165) is 15.7 Å². The molecule has 1 aromatic carbocycles. The number of hydrogen-bond acceptors (Lipinski definition) is 4. The van der Waals surface area contributed by atoms with Gasteiger partial charge in [0.2, 0.25) is 0 Å². The fraction of sp³-hybridized carbons (Fsp3) is 0.100. The summed E-state index contributed by atoms with van der Waals surface area (Å²) in [6, 6.07) is 6.53. The third-order valence-corrected chi connectivity index (χ3v) is 3.78. The third kappa shape index (κ3) is 2.94. The first-order valence-corrected chi connectivity index (χ1v) is 6.19. The van der Waals surface area contributed by atoms with Crippen molar-refractivity contribution in [1.82, 2.24) is 4.98 Å². The lowest BCUT2D eigenvalue weighted by Gasteiger charge is -1.98. The van der Waals surface area contributed by atoms with E-state index in [9.17, 15) is 4.39 Å². The second kappa shape index (κ2) is 4.63. The number of hydrogen-bond donors (Lipinski definition) is 1. The van der Waals surface area contributed by atoms with Crippen LogP contribution in [0.25, 0.3) is 0 Å². The highest BCUT2D eigenvalue weighted by atomic mass is 32.2. The zero-order valence-electron chi connectivity index (χ0n) is 7.81. The Balaban J connectivity index is 1.99. The molecule has 5 heteroatoms. The van der Waals surface area contributed by atoms with Gasteiger partial charge in [0, 0.05) is 10.3 Å². The van der Waals surface area contributed by atoms with Crippen molar-refractivity contribution in [2.45, 2.75) is 10.6 Å². The molecule has 15 heavy (non-hydrogen) atoms. The molecule has 2 nitrogen and oxygen atoms in total. The van der Waals surface area contributed by atoms with Crippen molar-refractivity contribution >= 4 is 28.9 Å². The summed E-state index contributed by atoms with van der Waals surface area (Å²) in [5.41, 5.74) is 5.50. The molecule has 2 rings (SSSR count). The molecule has 0 saturated heterocycles. The Morgan fingerprint density at radius 3 is 3.00 bits per heavy atom. The smallest absolute Gasteiger partial charge is 0.134 e. The number of aromatic nitrogens is 1. The van der Waals surface area contributed by atoms with E-state index >= 15 is 0 Å². The lowest BCUT2D eigenvalue weighted by molar-refractivity contribution is 0.624. The van der Waals surface area contributed by atoms with Gasteiger partial charge in [0.05, 0.1) is 5.75 Å². The zero-order chi connectivity index (χ0) is 10.7. The number of nitrogen functional groups attached to an aromatic ring is 1. The van der Waals surface area contributed by atoms with Gasteiger partial charge in [-0.2, -0.15) is 0 Å². The van der Waals surface area contributed by atoms with Crippen LogP contribution in [0.3, 0.4) is 0 Å². The van der Waals surface area contributed by atoms with E-state index < -0.39 is 0 Å². The molecule has 0 amide bonds. The maximum Gasteiger partial charge on any atom is 0.134 e. The average molecular weight is 240 g/mol. The largest absolute Gasteiger partial charge is 0.383 e. The van der Waals surface area contributed by atoms with Crippen LogP contribution in [0, 0.1) is 5.82 Å². The van der Waals surface area contributed by atoms with Gasteiger partial charge in [-0.15, -0.1) is 23.1 Å². The summed E-state index contributed by atoms with van der Waals surface area (Å²) in [4.78, 5) is 5.04. The first kappa shape index (κ1) is 10.4. The SMILES string of the molecule is Nc1csc(CSc2cccc(F)c2)n1. The summed E-state index contributed by atoms with van der Waals surface area (Å²) < 4.78 is 12.9. The standard InChI is InChI=1S/C10H9FN2S2/c11-7-2-1-3-8(4-7)14-6-10-13-9(12)5-15-10/h1-5H,6,12H2. The summed E-state index contributed by atoms with van der Waals surface area (Å²) in [5, 5.41) is 2.77. The number of thiazole rings is 1. The van der Waals surface area contributed by atoms with Crippen molar-refractivity contribution in [2.24, 2.45) is 0 Å². The zero-order valence-corrected chi connectivity index (χ0v) is 9.45. The van der Waals surface area contributed by atoms with Gasteiger partial charge < -0.3 is 5.73 Å². The maximum atomic E-state index is 12.9. The number of thioether (sulfide) groups is 1.